The molecule has 8 nitrogen and oxygen atoms in total. The molecule has 0 radical (unpaired) electrons. The number of carboxylic acids is 1. The first-order valence-electron chi connectivity index (χ1n) is 10.7. The quantitative estimate of drug-likeness (QED) is 0.491. The van der Waals surface area contributed by atoms with Gasteiger partial charge in [-0.1, -0.05) is 13.3 Å². The first-order valence-corrected chi connectivity index (χ1v) is 10.7. The fourth-order valence-corrected chi connectivity index (χ4v) is 2.80. The summed E-state index contributed by atoms with van der Waals surface area (Å²) in [6, 6.07) is 1.81. The molecule has 1 atom stereocenters. The summed E-state index contributed by atoms with van der Waals surface area (Å²) in [5.41, 5.74) is 5.62. The molecule has 1 aromatic heterocycles. The zero-order valence-corrected chi connectivity index (χ0v) is 19.8. The minimum Gasteiger partial charge on any atom is -0.480 e. The van der Waals surface area contributed by atoms with E-state index in [1.165, 1.54) is 0 Å². The number of nitrogens with zero attached hydrogens (tertiary/aromatic N) is 2. The van der Waals surface area contributed by atoms with Crippen LogP contribution in [0.3, 0.4) is 0 Å². The molecule has 0 bridgehead atoms. The lowest BCUT2D eigenvalue weighted by molar-refractivity contribution is -0.141. The lowest BCUT2D eigenvalue weighted by Crippen LogP contribution is -2.41. The molecule has 33 heavy (non-hydrogen) atoms. The third-order valence-electron chi connectivity index (χ3n) is 4.57. The van der Waals surface area contributed by atoms with Crippen LogP contribution in [0.1, 0.15) is 53.0 Å². The summed E-state index contributed by atoms with van der Waals surface area (Å²) in [6.45, 7) is 10.7. The van der Waals surface area contributed by atoms with Gasteiger partial charge in [-0.2, -0.15) is 0 Å². The number of imidazole rings is 1. The van der Waals surface area contributed by atoms with Crippen LogP contribution in [0.2, 0.25) is 0 Å². The summed E-state index contributed by atoms with van der Waals surface area (Å²) in [6.07, 6.45) is 4.45. The Balaban J connectivity index is 0.000000346. The number of carbonyl (C=O) groups excluding carboxylic acids is 1. The molecule has 2 aromatic rings. The lowest BCUT2D eigenvalue weighted by atomic mass is 10.1. The number of aliphatic carboxylic acids is 1. The summed E-state index contributed by atoms with van der Waals surface area (Å²) in [4.78, 5) is 26.5. The van der Waals surface area contributed by atoms with E-state index in [4.69, 9.17) is 15.6 Å². The maximum atomic E-state index is 12.9. The first kappa shape index (κ1) is 28.0. The van der Waals surface area contributed by atoms with E-state index in [1.54, 1.807) is 13.3 Å². The predicted octanol–water partition coefficient (Wildman–Crippen LogP) is 3.50. The second-order valence-electron chi connectivity index (χ2n) is 8.58. The molecule has 0 saturated heterocycles. The topological polar surface area (TPSA) is 119 Å². The molecule has 184 valence electrons. The number of rotatable bonds is 10. The maximum absolute atomic E-state index is 12.9. The van der Waals surface area contributed by atoms with Crippen molar-refractivity contribution in [3.05, 3.63) is 47.9 Å². The second kappa shape index (κ2) is 12.9. The van der Waals surface area contributed by atoms with Crippen molar-refractivity contribution in [1.29, 1.82) is 0 Å². The van der Waals surface area contributed by atoms with Crippen molar-refractivity contribution < 1.29 is 28.2 Å². The molecule has 0 saturated carbocycles. The average molecular weight is 469 g/mol. The number of amides is 1. The number of aromatic nitrogens is 2. The predicted molar refractivity (Wildman–Crippen MR) is 122 cm³/mol. The zero-order valence-electron chi connectivity index (χ0n) is 19.8. The van der Waals surface area contributed by atoms with Crippen LogP contribution < -0.4 is 11.1 Å². The van der Waals surface area contributed by atoms with E-state index in [-0.39, 0.29) is 23.6 Å². The minimum atomic E-state index is -1.12. The van der Waals surface area contributed by atoms with Gasteiger partial charge in [0.2, 0.25) is 5.91 Å². The fourth-order valence-electron chi connectivity index (χ4n) is 2.80. The number of nitrogen functional groups attached to an aromatic ring is 1. The maximum Gasteiger partial charge on any atom is 0.326 e. The van der Waals surface area contributed by atoms with E-state index < -0.39 is 29.6 Å². The summed E-state index contributed by atoms with van der Waals surface area (Å²) in [5, 5.41) is 11.2. The largest absolute Gasteiger partial charge is 0.480 e. The third kappa shape index (κ3) is 10.4. The molecule has 1 heterocycles. The fraction of sp³-hybridized carbons (Fsp3) is 0.522. The molecule has 0 aliphatic heterocycles. The highest BCUT2D eigenvalue weighted by atomic mass is 19.1. The van der Waals surface area contributed by atoms with Crippen LogP contribution >= 0.6 is 0 Å². The first-order chi connectivity index (χ1) is 15.3. The Morgan fingerprint density at radius 2 is 1.85 bits per heavy atom. The van der Waals surface area contributed by atoms with Crippen molar-refractivity contribution in [3.8, 4) is 0 Å². The monoisotopic (exact) mass is 468 g/mol. The van der Waals surface area contributed by atoms with Gasteiger partial charge in [-0.15, -0.1) is 0 Å². The standard InChI is InChI=1S/C13H15F2NO3.C10H19N3O/c1-2-3-11(13(18)19)16-12(17)6-8-4-9(14)7-10(15)5-8;1-8(2)14-6-10(3,4)13-5-9(11)12-7-13/h4-5,7,11H,2-3,6H2,1H3,(H,16,17)(H,18,19);5,7-8H,6,11H2,1-4H3. The number of ether oxygens (including phenoxy) is 1. The van der Waals surface area contributed by atoms with Crippen LogP contribution in [0.15, 0.2) is 30.7 Å². The Labute approximate surface area is 193 Å². The van der Waals surface area contributed by atoms with Crippen molar-refractivity contribution >= 4 is 17.7 Å². The van der Waals surface area contributed by atoms with Crippen LogP contribution in [-0.4, -0.2) is 45.3 Å². The van der Waals surface area contributed by atoms with Crippen LogP contribution in [0, 0.1) is 11.6 Å². The van der Waals surface area contributed by atoms with E-state index >= 15 is 0 Å². The van der Waals surface area contributed by atoms with Gasteiger partial charge in [0.15, 0.2) is 0 Å². The van der Waals surface area contributed by atoms with E-state index in [0.29, 0.717) is 31.3 Å². The average Bonchev–Trinajstić information content (AvgIpc) is 3.13. The van der Waals surface area contributed by atoms with Gasteiger partial charge < -0.3 is 25.5 Å². The number of hydrogen-bond acceptors (Lipinski definition) is 5. The number of benzene rings is 1. The molecular weight excluding hydrogens is 434 g/mol. The molecule has 1 unspecified atom stereocenters. The number of nitrogens with one attached hydrogen (secondary N) is 1. The smallest absolute Gasteiger partial charge is 0.326 e. The number of nitrogens with two attached hydrogens (primary N) is 1. The summed E-state index contributed by atoms with van der Waals surface area (Å²) >= 11 is 0. The molecule has 1 amide bonds. The number of carbonyl (C=O) groups is 2. The molecule has 10 heteroatoms. The van der Waals surface area contributed by atoms with Crippen molar-refractivity contribution in [1.82, 2.24) is 14.9 Å². The van der Waals surface area contributed by atoms with Crippen LogP contribution in [-0.2, 0) is 26.3 Å². The van der Waals surface area contributed by atoms with Gasteiger partial charge in [0.05, 0.1) is 31.0 Å². The lowest BCUT2D eigenvalue weighted by Gasteiger charge is -2.27. The van der Waals surface area contributed by atoms with E-state index in [2.05, 4.69) is 24.1 Å². The van der Waals surface area contributed by atoms with Crippen molar-refractivity contribution in [2.75, 3.05) is 12.3 Å². The van der Waals surface area contributed by atoms with Crippen molar-refractivity contribution in [2.45, 2.75) is 71.6 Å². The number of halogens is 2. The summed E-state index contributed by atoms with van der Waals surface area (Å²) in [5.74, 6) is -2.70. The molecule has 1 aromatic carbocycles. The molecule has 0 aliphatic carbocycles. The zero-order chi connectivity index (χ0) is 25.2. The number of hydrogen-bond donors (Lipinski definition) is 3. The minimum absolute atomic E-state index is 0.102. The Morgan fingerprint density at radius 3 is 2.30 bits per heavy atom. The Morgan fingerprint density at radius 1 is 1.24 bits per heavy atom. The Hall–Kier alpha value is -3.01. The number of carboxylic acid groups (broad SMARTS) is 1. The van der Waals surface area contributed by atoms with E-state index in [0.717, 1.165) is 12.1 Å². The van der Waals surface area contributed by atoms with Gasteiger partial charge in [-0.3, -0.25) is 4.79 Å². The van der Waals surface area contributed by atoms with E-state index in [9.17, 15) is 18.4 Å². The molecule has 0 fully saturated rings. The van der Waals surface area contributed by atoms with Gasteiger partial charge in [0.1, 0.15) is 23.5 Å². The Bertz CT molecular complexity index is 895. The van der Waals surface area contributed by atoms with Gasteiger partial charge >= 0.3 is 5.97 Å². The van der Waals surface area contributed by atoms with Gasteiger partial charge in [-0.05, 0) is 51.8 Å². The van der Waals surface area contributed by atoms with Gasteiger partial charge in [0, 0.05) is 12.3 Å². The van der Waals surface area contributed by atoms with Crippen molar-refractivity contribution in [3.63, 3.8) is 0 Å². The highest BCUT2D eigenvalue weighted by molar-refractivity contribution is 5.84. The van der Waals surface area contributed by atoms with E-state index in [1.807, 2.05) is 24.6 Å². The molecule has 0 aliphatic rings. The van der Waals surface area contributed by atoms with Gasteiger partial charge in [0.25, 0.3) is 0 Å². The summed E-state index contributed by atoms with van der Waals surface area (Å²) < 4.78 is 33.4. The number of anilines is 1. The molecule has 0 spiro atoms. The molecule has 4 N–H and O–H groups in total. The third-order valence-corrected chi connectivity index (χ3v) is 4.57. The normalized spacial score (nSPS) is 12.1. The van der Waals surface area contributed by atoms with Crippen LogP contribution in [0.25, 0.3) is 0 Å². The van der Waals surface area contributed by atoms with Crippen molar-refractivity contribution in [2.24, 2.45) is 0 Å². The Kier molecular flexibility index (Phi) is 10.9. The molecular formula is C23H34F2N4O4. The van der Waals surface area contributed by atoms with Crippen LogP contribution in [0.4, 0.5) is 14.6 Å². The highest BCUT2D eigenvalue weighted by Gasteiger charge is 2.21. The SMILES string of the molecule is CC(C)OCC(C)(C)n1cnc(N)c1.CCCC(NC(=O)Cc1cc(F)cc(F)c1)C(=O)O. The molecule has 2 rings (SSSR count). The second-order valence-corrected chi connectivity index (χ2v) is 8.58. The van der Waals surface area contributed by atoms with Gasteiger partial charge in [-0.25, -0.2) is 18.6 Å². The van der Waals surface area contributed by atoms with Crippen LogP contribution in [0.5, 0.6) is 0 Å². The highest BCUT2D eigenvalue weighted by Crippen LogP contribution is 2.17. The summed E-state index contributed by atoms with van der Waals surface area (Å²) in [7, 11) is 0.